The van der Waals surface area contributed by atoms with Gasteiger partial charge in [-0.25, -0.2) is 9.97 Å². The molecule has 2 rings (SSSR count). The van der Waals surface area contributed by atoms with Crippen molar-refractivity contribution >= 4 is 17.3 Å². The van der Waals surface area contributed by atoms with E-state index in [4.69, 9.17) is 4.74 Å². The Morgan fingerprint density at radius 2 is 2.04 bits per heavy atom. The first-order valence-corrected chi connectivity index (χ1v) is 9.18. The van der Waals surface area contributed by atoms with Gasteiger partial charge in [-0.3, -0.25) is 4.99 Å². The molecule has 0 aliphatic carbocycles. The SMILES string of the molecule is CN=C(NCc1nc(C(C)C)cs1)NCc1cccnc1OCC(F)(F)F. The highest BCUT2D eigenvalue weighted by atomic mass is 32.1. The maximum Gasteiger partial charge on any atom is 0.422 e. The molecule has 6 nitrogen and oxygen atoms in total. The molecule has 0 atom stereocenters. The molecule has 2 heterocycles. The van der Waals surface area contributed by atoms with E-state index in [2.05, 4.69) is 39.4 Å². The number of hydrogen-bond acceptors (Lipinski definition) is 5. The number of pyridine rings is 1. The highest BCUT2D eigenvalue weighted by molar-refractivity contribution is 7.09. The Bertz CT molecular complexity index is 761. The third-order valence-corrected chi connectivity index (χ3v) is 4.33. The van der Waals surface area contributed by atoms with Crippen LogP contribution in [0.2, 0.25) is 0 Å². The molecular weight excluding hydrogens is 379 g/mol. The molecule has 2 N–H and O–H groups in total. The second-order valence-corrected chi connectivity index (χ2v) is 6.91. The number of thiazole rings is 1. The average molecular weight is 401 g/mol. The molecule has 0 amide bonds. The van der Waals surface area contributed by atoms with Crippen LogP contribution in [0.1, 0.15) is 36.0 Å². The number of alkyl halides is 3. The summed E-state index contributed by atoms with van der Waals surface area (Å²) < 4.78 is 41.8. The number of rotatable bonds is 7. The smallest absolute Gasteiger partial charge is 0.422 e. The van der Waals surface area contributed by atoms with Crippen LogP contribution in [0.5, 0.6) is 5.88 Å². The van der Waals surface area contributed by atoms with Crippen LogP contribution in [-0.4, -0.2) is 35.8 Å². The summed E-state index contributed by atoms with van der Waals surface area (Å²) in [7, 11) is 1.61. The van der Waals surface area contributed by atoms with Crippen molar-refractivity contribution in [3.05, 3.63) is 40.0 Å². The van der Waals surface area contributed by atoms with Crippen molar-refractivity contribution in [3.8, 4) is 5.88 Å². The topological polar surface area (TPSA) is 71.4 Å². The second kappa shape index (κ2) is 9.54. The first-order chi connectivity index (χ1) is 12.8. The number of aromatic nitrogens is 2. The molecule has 2 aromatic heterocycles. The van der Waals surface area contributed by atoms with Crippen molar-refractivity contribution in [3.63, 3.8) is 0 Å². The average Bonchev–Trinajstić information content (AvgIpc) is 3.09. The lowest BCUT2D eigenvalue weighted by Crippen LogP contribution is -2.36. The summed E-state index contributed by atoms with van der Waals surface area (Å²) in [5.74, 6) is 0.814. The van der Waals surface area contributed by atoms with Crippen molar-refractivity contribution < 1.29 is 17.9 Å². The van der Waals surface area contributed by atoms with E-state index in [9.17, 15) is 13.2 Å². The highest BCUT2D eigenvalue weighted by Gasteiger charge is 2.29. The standard InChI is InChI=1S/C17H22F3N5OS/c1-11(2)13-9-27-14(25-13)8-24-16(21-3)23-7-12-5-4-6-22-15(12)26-10-17(18,19)20/h4-6,9,11H,7-8,10H2,1-3H3,(H2,21,23,24). The molecule has 10 heteroatoms. The molecule has 0 saturated heterocycles. The summed E-state index contributed by atoms with van der Waals surface area (Å²) in [5.41, 5.74) is 1.54. The van der Waals surface area contributed by atoms with Gasteiger partial charge in [0.2, 0.25) is 5.88 Å². The van der Waals surface area contributed by atoms with Crippen LogP contribution in [0.25, 0.3) is 0 Å². The fraction of sp³-hybridized carbons (Fsp3) is 0.471. The lowest BCUT2D eigenvalue weighted by molar-refractivity contribution is -0.154. The van der Waals surface area contributed by atoms with Crippen molar-refractivity contribution in [2.24, 2.45) is 4.99 Å². The summed E-state index contributed by atoms with van der Waals surface area (Å²) in [6.45, 7) is 3.50. The predicted octanol–water partition coefficient (Wildman–Crippen LogP) is 3.47. The van der Waals surface area contributed by atoms with Crippen LogP contribution in [0.15, 0.2) is 28.7 Å². The molecule has 0 aliphatic rings. The van der Waals surface area contributed by atoms with Crippen LogP contribution in [0.3, 0.4) is 0 Å². The first-order valence-electron chi connectivity index (χ1n) is 8.30. The molecule has 0 aliphatic heterocycles. The van der Waals surface area contributed by atoms with E-state index in [1.54, 1.807) is 30.5 Å². The normalized spacial score (nSPS) is 12.3. The zero-order valence-corrected chi connectivity index (χ0v) is 16.1. The minimum Gasteiger partial charge on any atom is -0.468 e. The predicted molar refractivity (Wildman–Crippen MR) is 99.0 cm³/mol. The minimum atomic E-state index is -4.41. The van der Waals surface area contributed by atoms with Crippen LogP contribution >= 0.6 is 11.3 Å². The number of nitrogens with zero attached hydrogens (tertiary/aromatic N) is 3. The Hall–Kier alpha value is -2.36. The quantitative estimate of drug-likeness (QED) is 0.549. The number of halogens is 3. The summed E-state index contributed by atoms with van der Waals surface area (Å²) in [6.07, 6.45) is -3.03. The minimum absolute atomic E-state index is 0.0562. The Kier molecular flexibility index (Phi) is 7.40. The Morgan fingerprint density at radius 1 is 1.30 bits per heavy atom. The molecule has 0 aromatic carbocycles. The van der Waals surface area contributed by atoms with Crippen LogP contribution in [0, 0.1) is 0 Å². The Balaban J connectivity index is 1.90. The van der Waals surface area contributed by atoms with Crippen LogP contribution < -0.4 is 15.4 Å². The van der Waals surface area contributed by atoms with E-state index < -0.39 is 12.8 Å². The Morgan fingerprint density at radius 3 is 2.67 bits per heavy atom. The molecule has 0 radical (unpaired) electrons. The van der Waals surface area contributed by atoms with Gasteiger partial charge >= 0.3 is 6.18 Å². The van der Waals surface area contributed by atoms with Crippen LogP contribution in [-0.2, 0) is 13.1 Å². The summed E-state index contributed by atoms with van der Waals surface area (Å²) >= 11 is 1.56. The van der Waals surface area contributed by atoms with Gasteiger partial charge in [0.15, 0.2) is 12.6 Å². The van der Waals surface area contributed by atoms with Gasteiger partial charge in [-0.2, -0.15) is 13.2 Å². The molecule has 27 heavy (non-hydrogen) atoms. The van der Waals surface area contributed by atoms with Gasteiger partial charge in [0.25, 0.3) is 0 Å². The summed E-state index contributed by atoms with van der Waals surface area (Å²) in [5, 5.41) is 9.12. The molecule has 2 aromatic rings. The molecule has 0 saturated carbocycles. The van der Waals surface area contributed by atoms with Crippen molar-refractivity contribution in [1.82, 2.24) is 20.6 Å². The molecule has 148 valence electrons. The first kappa shape index (κ1) is 20.9. The monoisotopic (exact) mass is 401 g/mol. The van der Waals surface area contributed by atoms with Gasteiger partial charge in [-0.15, -0.1) is 11.3 Å². The van der Waals surface area contributed by atoms with E-state index in [0.29, 0.717) is 24.0 Å². The molecule has 0 spiro atoms. The number of hydrogen-bond donors (Lipinski definition) is 2. The van der Waals surface area contributed by atoms with Gasteiger partial charge in [0.05, 0.1) is 12.2 Å². The summed E-state index contributed by atoms with van der Waals surface area (Å²) in [6, 6.07) is 3.28. The van der Waals surface area contributed by atoms with Gasteiger partial charge in [-0.1, -0.05) is 19.9 Å². The van der Waals surface area contributed by atoms with E-state index in [0.717, 1.165) is 10.7 Å². The molecule has 0 unspecified atom stereocenters. The third-order valence-electron chi connectivity index (χ3n) is 3.46. The number of guanidine groups is 1. The zero-order chi connectivity index (χ0) is 19.9. The lowest BCUT2D eigenvalue weighted by atomic mass is 10.2. The third kappa shape index (κ3) is 7.05. The van der Waals surface area contributed by atoms with Gasteiger partial charge in [0, 0.05) is 30.7 Å². The van der Waals surface area contributed by atoms with E-state index in [1.165, 1.54) is 6.20 Å². The van der Waals surface area contributed by atoms with Gasteiger partial charge in [0.1, 0.15) is 5.01 Å². The number of ether oxygens (including phenoxy) is 1. The van der Waals surface area contributed by atoms with Crippen molar-refractivity contribution in [2.45, 2.75) is 39.0 Å². The Labute approximate surface area is 159 Å². The van der Waals surface area contributed by atoms with E-state index >= 15 is 0 Å². The highest BCUT2D eigenvalue weighted by Crippen LogP contribution is 2.20. The fourth-order valence-corrected chi connectivity index (χ4v) is 2.96. The van der Waals surface area contributed by atoms with E-state index in [-0.39, 0.29) is 12.4 Å². The lowest BCUT2D eigenvalue weighted by Gasteiger charge is -2.14. The largest absolute Gasteiger partial charge is 0.468 e. The zero-order valence-electron chi connectivity index (χ0n) is 15.3. The molecule has 0 fully saturated rings. The van der Waals surface area contributed by atoms with Crippen molar-refractivity contribution in [1.29, 1.82) is 0 Å². The fourth-order valence-electron chi connectivity index (χ4n) is 2.07. The van der Waals surface area contributed by atoms with E-state index in [1.807, 2.05) is 5.38 Å². The van der Waals surface area contributed by atoms with Gasteiger partial charge in [-0.05, 0) is 12.0 Å². The second-order valence-electron chi connectivity index (χ2n) is 5.97. The van der Waals surface area contributed by atoms with Crippen molar-refractivity contribution in [2.75, 3.05) is 13.7 Å². The summed E-state index contributed by atoms with van der Waals surface area (Å²) in [4.78, 5) is 12.5. The molecule has 0 bridgehead atoms. The maximum absolute atomic E-state index is 12.4. The molecular formula is C17H22F3N5OS. The van der Waals surface area contributed by atoms with Gasteiger partial charge < -0.3 is 15.4 Å². The maximum atomic E-state index is 12.4. The van der Waals surface area contributed by atoms with Crippen LogP contribution in [0.4, 0.5) is 13.2 Å². The number of aliphatic imine (C=N–C) groups is 1. The number of nitrogens with one attached hydrogen (secondary N) is 2.